The van der Waals surface area contributed by atoms with Crippen LogP contribution in [-0.4, -0.2) is 61.7 Å². The zero-order valence-corrected chi connectivity index (χ0v) is 15.0. The van der Waals surface area contributed by atoms with Crippen molar-refractivity contribution in [2.45, 2.75) is 52.2 Å². The van der Waals surface area contributed by atoms with Gasteiger partial charge in [-0.2, -0.15) is 0 Å². The van der Waals surface area contributed by atoms with E-state index in [0.29, 0.717) is 24.7 Å². The summed E-state index contributed by atoms with van der Waals surface area (Å²) in [5, 5.41) is 10.3. The summed E-state index contributed by atoms with van der Waals surface area (Å²) in [5.74, 6) is 0.795. The van der Waals surface area contributed by atoms with Crippen molar-refractivity contribution in [3.8, 4) is 0 Å². The molecule has 5 heteroatoms. The van der Waals surface area contributed by atoms with Gasteiger partial charge in [0, 0.05) is 19.6 Å². The largest absolute Gasteiger partial charge is 0.389 e. The first kappa shape index (κ1) is 18.5. The van der Waals surface area contributed by atoms with E-state index in [-0.39, 0.29) is 23.9 Å². The molecule has 4 nitrogen and oxygen atoms in total. The molecule has 1 N–H and O–H groups in total. The van der Waals surface area contributed by atoms with Crippen molar-refractivity contribution in [3.05, 3.63) is 0 Å². The van der Waals surface area contributed by atoms with Gasteiger partial charge in [0.05, 0.1) is 32.0 Å². The normalized spacial score (nSPS) is 38.7. The van der Waals surface area contributed by atoms with Gasteiger partial charge in [0.1, 0.15) is 0 Å². The van der Waals surface area contributed by atoms with Crippen molar-refractivity contribution >= 4 is 12.4 Å². The number of rotatable bonds is 5. The molecule has 0 radical (unpaired) electrons. The van der Waals surface area contributed by atoms with Gasteiger partial charge in [-0.3, -0.25) is 4.90 Å². The van der Waals surface area contributed by atoms with E-state index in [2.05, 4.69) is 25.7 Å². The smallest absolute Gasteiger partial charge is 0.0900 e. The van der Waals surface area contributed by atoms with Crippen LogP contribution in [0.2, 0.25) is 0 Å². The highest BCUT2D eigenvalue weighted by atomic mass is 35.5. The second kappa shape index (κ2) is 6.94. The maximum absolute atomic E-state index is 10.3. The lowest BCUT2D eigenvalue weighted by molar-refractivity contribution is -0.115. The van der Waals surface area contributed by atoms with E-state index in [9.17, 15) is 5.11 Å². The molecule has 3 aliphatic rings. The van der Waals surface area contributed by atoms with E-state index in [4.69, 9.17) is 9.47 Å². The number of β-amino-alcohol motifs (C(OH)–C–C–N with tert-alkyl or cyclic N) is 1. The molecular formula is C17H32ClNO3. The standard InChI is InChI=1S/C17H31NO3.ClH/c1-16(2)13-4-5-17(3,10-13)15(16)21-12-14(19)11-18-6-8-20-9-7-18;/h13-15,19H,4-12H2,1-3H3;1H. The first-order valence-corrected chi connectivity index (χ1v) is 8.51. The first-order valence-electron chi connectivity index (χ1n) is 8.51. The lowest BCUT2D eigenvalue weighted by Crippen LogP contribution is -2.46. The van der Waals surface area contributed by atoms with Crippen LogP contribution in [0.4, 0.5) is 0 Å². The highest BCUT2D eigenvalue weighted by Crippen LogP contribution is 2.63. The van der Waals surface area contributed by atoms with E-state index in [1.807, 2.05) is 0 Å². The molecule has 0 aromatic rings. The molecule has 2 bridgehead atoms. The third kappa shape index (κ3) is 3.46. The van der Waals surface area contributed by atoms with Gasteiger partial charge in [-0.1, -0.05) is 20.8 Å². The summed E-state index contributed by atoms with van der Waals surface area (Å²) in [4.78, 5) is 2.27. The summed E-state index contributed by atoms with van der Waals surface area (Å²) >= 11 is 0. The lowest BCUT2D eigenvalue weighted by Gasteiger charge is -2.42. The predicted octanol–water partition coefficient (Wildman–Crippen LogP) is 2.33. The first-order chi connectivity index (χ1) is 9.92. The molecule has 3 fully saturated rings. The third-order valence-electron chi connectivity index (χ3n) is 6.17. The monoisotopic (exact) mass is 333 g/mol. The molecule has 3 rings (SSSR count). The Bertz CT molecular complexity index is 368. The number of morpholine rings is 1. The van der Waals surface area contributed by atoms with Crippen LogP contribution in [0.3, 0.4) is 0 Å². The van der Waals surface area contributed by atoms with Crippen molar-refractivity contribution in [2.75, 3.05) is 39.5 Å². The zero-order chi connectivity index (χ0) is 15.1. The molecule has 4 unspecified atom stereocenters. The number of hydrogen-bond donors (Lipinski definition) is 1. The van der Waals surface area contributed by atoms with Crippen molar-refractivity contribution in [1.29, 1.82) is 0 Å². The molecule has 1 saturated heterocycles. The topological polar surface area (TPSA) is 41.9 Å². The number of hydrogen-bond acceptors (Lipinski definition) is 4. The van der Waals surface area contributed by atoms with Gasteiger partial charge < -0.3 is 14.6 Å². The SMILES string of the molecule is CC12CCC(C1)C(C)(C)C2OCC(O)CN1CCOCC1.Cl. The molecule has 0 amide bonds. The van der Waals surface area contributed by atoms with Gasteiger partial charge in [0.25, 0.3) is 0 Å². The Labute approximate surface area is 140 Å². The van der Waals surface area contributed by atoms with Crippen LogP contribution in [-0.2, 0) is 9.47 Å². The molecule has 0 aromatic heterocycles. The summed E-state index contributed by atoms with van der Waals surface area (Å²) < 4.78 is 11.6. The molecule has 130 valence electrons. The molecule has 1 aliphatic heterocycles. The molecule has 0 spiro atoms. The van der Waals surface area contributed by atoms with Crippen molar-refractivity contribution in [1.82, 2.24) is 4.90 Å². The van der Waals surface area contributed by atoms with Gasteiger partial charge in [-0.25, -0.2) is 0 Å². The van der Waals surface area contributed by atoms with Crippen LogP contribution in [0.25, 0.3) is 0 Å². The van der Waals surface area contributed by atoms with Crippen LogP contribution in [0.15, 0.2) is 0 Å². The van der Waals surface area contributed by atoms with E-state index in [1.165, 1.54) is 19.3 Å². The fourth-order valence-corrected chi connectivity index (χ4v) is 5.01. The summed E-state index contributed by atoms with van der Waals surface area (Å²) in [7, 11) is 0. The van der Waals surface area contributed by atoms with Gasteiger partial charge in [-0.05, 0) is 36.0 Å². The quantitative estimate of drug-likeness (QED) is 0.838. The van der Waals surface area contributed by atoms with E-state index in [1.54, 1.807) is 0 Å². The maximum Gasteiger partial charge on any atom is 0.0900 e. The number of halogens is 1. The molecule has 0 aromatic carbocycles. The molecule has 1 heterocycles. The maximum atomic E-state index is 10.3. The Morgan fingerprint density at radius 3 is 2.55 bits per heavy atom. The highest BCUT2D eigenvalue weighted by molar-refractivity contribution is 5.85. The lowest BCUT2D eigenvalue weighted by atomic mass is 9.70. The Kier molecular flexibility index (Phi) is 5.82. The number of aliphatic hydroxyl groups is 1. The minimum atomic E-state index is -0.387. The van der Waals surface area contributed by atoms with Crippen molar-refractivity contribution < 1.29 is 14.6 Å². The van der Waals surface area contributed by atoms with Crippen LogP contribution in [0.1, 0.15) is 40.0 Å². The fraction of sp³-hybridized carbons (Fsp3) is 1.00. The average molecular weight is 334 g/mol. The summed E-state index contributed by atoms with van der Waals surface area (Å²) in [6.45, 7) is 11.6. The van der Waals surface area contributed by atoms with Gasteiger partial charge in [0.15, 0.2) is 0 Å². The second-order valence-corrected chi connectivity index (χ2v) is 8.20. The van der Waals surface area contributed by atoms with Gasteiger partial charge >= 0.3 is 0 Å². The van der Waals surface area contributed by atoms with E-state index < -0.39 is 0 Å². The van der Waals surface area contributed by atoms with E-state index in [0.717, 1.165) is 32.2 Å². The Hall–Kier alpha value is 0.130. The second-order valence-electron chi connectivity index (χ2n) is 8.20. The minimum Gasteiger partial charge on any atom is -0.389 e. The number of aliphatic hydroxyl groups excluding tert-OH is 1. The summed E-state index contributed by atoms with van der Waals surface area (Å²) in [5.41, 5.74) is 0.582. The Morgan fingerprint density at radius 1 is 1.27 bits per heavy atom. The highest BCUT2D eigenvalue weighted by Gasteiger charge is 2.60. The molecule has 2 saturated carbocycles. The Balaban J connectivity index is 0.00000176. The van der Waals surface area contributed by atoms with Gasteiger partial charge in [0.2, 0.25) is 0 Å². The van der Waals surface area contributed by atoms with Crippen LogP contribution in [0, 0.1) is 16.7 Å². The molecule has 4 atom stereocenters. The van der Waals surface area contributed by atoms with Crippen molar-refractivity contribution in [3.63, 3.8) is 0 Å². The number of ether oxygens (including phenoxy) is 2. The molecule has 2 aliphatic carbocycles. The molecule has 22 heavy (non-hydrogen) atoms. The summed E-state index contributed by atoms with van der Waals surface area (Å²) in [6, 6.07) is 0. The minimum absolute atomic E-state index is 0. The van der Waals surface area contributed by atoms with Crippen LogP contribution < -0.4 is 0 Å². The van der Waals surface area contributed by atoms with E-state index >= 15 is 0 Å². The zero-order valence-electron chi connectivity index (χ0n) is 14.2. The summed E-state index contributed by atoms with van der Waals surface area (Å²) in [6.07, 6.45) is 3.83. The average Bonchev–Trinajstić information content (AvgIpc) is 2.90. The van der Waals surface area contributed by atoms with Crippen molar-refractivity contribution in [2.24, 2.45) is 16.7 Å². The van der Waals surface area contributed by atoms with Crippen LogP contribution in [0.5, 0.6) is 0 Å². The number of nitrogens with zero attached hydrogens (tertiary/aromatic N) is 1. The predicted molar refractivity (Wildman–Crippen MR) is 89.5 cm³/mol. The Morgan fingerprint density at radius 2 is 1.95 bits per heavy atom. The van der Waals surface area contributed by atoms with Crippen LogP contribution >= 0.6 is 12.4 Å². The molecular weight excluding hydrogens is 302 g/mol. The number of fused-ring (bicyclic) bond motifs is 2. The fourth-order valence-electron chi connectivity index (χ4n) is 5.01. The third-order valence-corrected chi connectivity index (χ3v) is 6.17. The van der Waals surface area contributed by atoms with Gasteiger partial charge in [-0.15, -0.1) is 12.4 Å².